The molecule has 3 rings (SSSR count). The molecule has 0 bridgehead atoms. The van der Waals surface area contributed by atoms with Crippen LogP contribution in [0.15, 0.2) is 41.5 Å². The van der Waals surface area contributed by atoms with Crippen LogP contribution < -0.4 is 0 Å². The summed E-state index contributed by atoms with van der Waals surface area (Å²) < 4.78 is 1.72. The number of aromatic nitrogens is 2. The summed E-state index contributed by atoms with van der Waals surface area (Å²) in [4.78, 5) is 16.1. The third-order valence-corrected chi connectivity index (χ3v) is 3.69. The Hall–Kier alpha value is -2.74. The molecule has 1 saturated carbocycles. The smallest absolute Gasteiger partial charge is 0.168 e. The molecule has 0 amide bonds. The van der Waals surface area contributed by atoms with E-state index in [0.29, 0.717) is 30.8 Å². The van der Waals surface area contributed by atoms with E-state index in [0.717, 1.165) is 24.1 Å². The quantitative estimate of drug-likeness (QED) is 0.873. The lowest BCUT2D eigenvalue weighted by Crippen LogP contribution is -2.14. The van der Waals surface area contributed by atoms with E-state index in [1.807, 2.05) is 30.3 Å². The average molecular weight is 292 g/mol. The van der Waals surface area contributed by atoms with Crippen LogP contribution in [0.1, 0.15) is 36.8 Å². The van der Waals surface area contributed by atoms with Crippen molar-refractivity contribution in [3.63, 3.8) is 0 Å². The molecule has 0 spiro atoms. The molecule has 1 aliphatic rings. The zero-order valence-corrected chi connectivity index (χ0v) is 12.2. The van der Waals surface area contributed by atoms with Crippen LogP contribution in [0.4, 0.5) is 5.82 Å². The first kappa shape index (κ1) is 14.2. The first-order valence-corrected chi connectivity index (χ1v) is 7.34. The Morgan fingerprint density at radius 2 is 2.09 bits per heavy atom. The molecule has 5 heteroatoms. The number of aliphatic imine (C=N–C) groups is 1. The summed E-state index contributed by atoms with van der Waals surface area (Å²) in [6, 6.07) is 12.0. The van der Waals surface area contributed by atoms with E-state index in [9.17, 15) is 10.1 Å². The third-order valence-electron chi connectivity index (χ3n) is 3.69. The maximum absolute atomic E-state index is 11.6. The van der Waals surface area contributed by atoms with Crippen molar-refractivity contribution in [2.24, 2.45) is 4.99 Å². The molecule has 0 N–H and O–H groups in total. The van der Waals surface area contributed by atoms with Crippen LogP contribution in [-0.2, 0) is 11.3 Å². The second kappa shape index (κ2) is 6.35. The second-order valence-corrected chi connectivity index (χ2v) is 5.38. The van der Waals surface area contributed by atoms with E-state index in [1.54, 1.807) is 4.68 Å². The minimum Gasteiger partial charge on any atom is -0.299 e. The Bertz CT molecular complexity index is 753. The minimum absolute atomic E-state index is 0.220. The number of ketones is 1. The van der Waals surface area contributed by atoms with E-state index in [4.69, 9.17) is 0 Å². The number of nitriles is 1. The van der Waals surface area contributed by atoms with Crippen LogP contribution >= 0.6 is 0 Å². The van der Waals surface area contributed by atoms with Gasteiger partial charge in [-0.1, -0.05) is 30.3 Å². The highest BCUT2D eigenvalue weighted by Gasteiger charge is 2.17. The van der Waals surface area contributed by atoms with Crippen molar-refractivity contribution in [1.82, 2.24) is 9.78 Å². The lowest BCUT2D eigenvalue weighted by atomic mass is 9.97. The summed E-state index contributed by atoms with van der Waals surface area (Å²) in [5.74, 6) is 0.772. The summed E-state index contributed by atoms with van der Waals surface area (Å²) in [6.07, 6.45) is 4.21. The number of nitrogens with zero attached hydrogens (tertiary/aromatic N) is 4. The monoisotopic (exact) mass is 292 g/mol. The Labute approximate surface area is 128 Å². The number of Topliss-reactive ketones (excluding diaryl/α,β-unsaturated/α-hetero) is 1. The van der Waals surface area contributed by atoms with Gasteiger partial charge in [0, 0.05) is 18.6 Å². The molecule has 1 heterocycles. The number of hydrogen-bond donors (Lipinski definition) is 0. The standard InChI is InChI=1S/C17H16N4O/c18-10-14-11-19-21(12-13-5-2-1-3-6-13)17(14)20-15-7-4-8-16(22)9-15/h1-3,5-6,11H,4,7-9,12H2. The number of carbonyl (C=O) groups is 1. The topological polar surface area (TPSA) is 71.0 Å². The summed E-state index contributed by atoms with van der Waals surface area (Å²) in [5.41, 5.74) is 2.39. The fourth-order valence-corrected chi connectivity index (χ4v) is 2.59. The zero-order chi connectivity index (χ0) is 15.4. The van der Waals surface area contributed by atoms with Gasteiger partial charge in [0.1, 0.15) is 17.4 Å². The lowest BCUT2D eigenvalue weighted by Gasteiger charge is -2.12. The number of carbonyl (C=O) groups excluding carboxylic acids is 1. The molecule has 0 radical (unpaired) electrons. The van der Waals surface area contributed by atoms with Gasteiger partial charge in [-0.05, 0) is 18.4 Å². The van der Waals surface area contributed by atoms with Gasteiger partial charge in [0.05, 0.1) is 12.7 Å². The normalized spacial score (nSPS) is 16.7. The second-order valence-electron chi connectivity index (χ2n) is 5.38. The van der Waals surface area contributed by atoms with Gasteiger partial charge in [-0.2, -0.15) is 10.4 Å². The molecule has 0 saturated heterocycles. The van der Waals surface area contributed by atoms with Gasteiger partial charge in [0.15, 0.2) is 5.82 Å². The van der Waals surface area contributed by atoms with Gasteiger partial charge in [-0.15, -0.1) is 0 Å². The molecule has 1 aromatic heterocycles. The van der Waals surface area contributed by atoms with Gasteiger partial charge < -0.3 is 0 Å². The van der Waals surface area contributed by atoms with E-state index >= 15 is 0 Å². The van der Waals surface area contributed by atoms with Gasteiger partial charge >= 0.3 is 0 Å². The highest BCUT2D eigenvalue weighted by Crippen LogP contribution is 2.23. The Morgan fingerprint density at radius 1 is 1.27 bits per heavy atom. The van der Waals surface area contributed by atoms with E-state index in [2.05, 4.69) is 16.2 Å². The summed E-state index contributed by atoms with van der Waals surface area (Å²) in [5, 5.41) is 13.5. The predicted molar refractivity (Wildman–Crippen MR) is 83.1 cm³/mol. The van der Waals surface area contributed by atoms with E-state index in [1.165, 1.54) is 6.20 Å². The fraction of sp³-hybridized carbons (Fsp3) is 0.294. The molecule has 0 unspecified atom stereocenters. The molecule has 0 aliphatic heterocycles. The SMILES string of the molecule is N#Cc1cnn(Cc2ccccc2)c1N=C1CCCC(=O)C1. The molecule has 1 fully saturated rings. The highest BCUT2D eigenvalue weighted by atomic mass is 16.1. The summed E-state index contributed by atoms with van der Waals surface area (Å²) in [7, 11) is 0. The van der Waals surface area contributed by atoms with Crippen molar-refractivity contribution < 1.29 is 4.79 Å². The van der Waals surface area contributed by atoms with Crippen molar-refractivity contribution in [2.45, 2.75) is 32.2 Å². The largest absolute Gasteiger partial charge is 0.299 e. The average Bonchev–Trinajstić information content (AvgIpc) is 2.90. The number of benzene rings is 1. The number of hydrogen-bond acceptors (Lipinski definition) is 4. The molecule has 0 atom stereocenters. The van der Waals surface area contributed by atoms with Crippen LogP contribution in [-0.4, -0.2) is 21.3 Å². The Kier molecular flexibility index (Phi) is 4.10. The fourth-order valence-electron chi connectivity index (χ4n) is 2.59. The Balaban J connectivity index is 1.92. The molecule has 1 aromatic carbocycles. The van der Waals surface area contributed by atoms with Crippen LogP contribution in [0.3, 0.4) is 0 Å². The first-order valence-electron chi connectivity index (χ1n) is 7.34. The van der Waals surface area contributed by atoms with Crippen molar-refractivity contribution in [1.29, 1.82) is 5.26 Å². The van der Waals surface area contributed by atoms with Gasteiger partial charge in [0.25, 0.3) is 0 Å². The van der Waals surface area contributed by atoms with Crippen LogP contribution in [0, 0.1) is 11.3 Å². The van der Waals surface area contributed by atoms with Crippen molar-refractivity contribution in [2.75, 3.05) is 0 Å². The first-order chi connectivity index (χ1) is 10.8. The van der Waals surface area contributed by atoms with E-state index in [-0.39, 0.29) is 5.78 Å². The maximum Gasteiger partial charge on any atom is 0.168 e. The molecular weight excluding hydrogens is 276 g/mol. The zero-order valence-electron chi connectivity index (χ0n) is 12.2. The molecule has 1 aliphatic carbocycles. The van der Waals surface area contributed by atoms with Gasteiger partial charge in [-0.3, -0.25) is 4.79 Å². The lowest BCUT2D eigenvalue weighted by molar-refractivity contribution is -0.118. The molecule has 110 valence electrons. The number of rotatable bonds is 3. The van der Waals surface area contributed by atoms with Crippen LogP contribution in [0.5, 0.6) is 0 Å². The highest BCUT2D eigenvalue weighted by molar-refractivity contribution is 6.04. The van der Waals surface area contributed by atoms with Crippen molar-refractivity contribution >= 4 is 17.3 Å². The molecule has 5 nitrogen and oxygen atoms in total. The minimum atomic E-state index is 0.220. The predicted octanol–water partition coefficient (Wildman–Crippen LogP) is 3.02. The molecule has 22 heavy (non-hydrogen) atoms. The summed E-state index contributed by atoms with van der Waals surface area (Å²) in [6.45, 7) is 0.558. The maximum atomic E-state index is 11.6. The molecular formula is C17H16N4O. The van der Waals surface area contributed by atoms with Gasteiger partial charge in [-0.25, -0.2) is 9.67 Å². The summed E-state index contributed by atoms with van der Waals surface area (Å²) >= 11 is 0. The van der Waals surface area contributed by atoms with Gasteiger partial charge in [0.2, 0.25) is 0 Å². The van der Waals surface area contributed by atoms with Crippen molar-refractivity contribution in [3.8, 4) is 6.07 Å². The third kappa shape index (κ3) is 3.12. The van der Waals surface area contributed by atoms with Crippen LogP contribution in [0.2, 0.25) is 0 Å². The molecule has 2 aromatic rings. The van der Waals surface area contributed by atoms with Crippen LogP contribution in [0.25, 0.3) is 0 Å². The Morgan fingerprint density at radius 3 is 2.82 bits per heavy atom. The van der Waals surface area contributed by atoms with Crippen molar-refractivity contribution in [3.05, 3.63) is 47.7 Å². The van der Waals surface area contributed by atoms with E-state index < -0.39 is 0 Å².